The van der Waals surface area contributed by atoms with Crippen molar-refractivity contribution in [3.05, 3.63) is 120 Å². The summed E-state index contributed by atoms with van der Waals surface area (Å²) in [7, 11) is 0. The van der Waals surface area contributed by atoms with Crippen LogP contribution in [0.5, 0.6) is 0 Å². The van der Waals surface area contributed by atoms with E-state index in [1.54, 1.807) is 12.1 Å². The van der Waals surface area contributed by atoms with Gasteiger partial charge in [0.2, 0.25) is 0 Å². The monoisotopic (exact) mass is 623 g/mol. The van der Waals surface area contributed by atoms with Crippen molar-refractivity contribution in [1.29, 1.82) is 0 Å². The van der Waals surface area contributed by atoms with Crippen LogP contribution in [-0.4, -0.2) is 4.57 Å². The Hall–Kier alpha value is -4.06. The van der Waals surface area contributed by atoms with Gasteiger partial charge in [-0.2, -0.15) is 0 Å². The van der Waals surface area contributed by atoms with Crippen LogP contribution in [0, 0.1) is 0 Å². The quantitative estimate of drug-likeness (QED) is 0.135. The average Bonchev–Trinajstić information content (AvgIpc) is 2.98. The van der Waals surface area contributed by atoms with Crippen LogP contribution >= 0.6 is 46.4 Å². The molecular formula is C34H13Cl4NO3. The highest BCUT2D eigenvalue weighted by molar-refractivity contribution is 6.56. The summed E-state index contributed by atoms with van der Waals surface area (Å²) >= 11 is 28.4. The van der Waals surface area contributed by atoms with Crippen LogP contribution in [0.25, 0.3) is 81.4 Å². The summed E-state index contributed by atoms with van der Waals surface area (Å²) in [5.41, 5.74) is 1.32. The van der Waals surface area contributed by atoms with Crippen LogP contribution in [0.2, 0.25) is 20.1 Å². The second-order valence-electron chi connectivity index (χ2n) is 10.5. The van der Waals surface area contributed by atoms with Crippen LogP contribution in [0.3, 0.4) is 0 Å². The van der Waals surface area contributed by atoms with Crippen molar-refractivity contribution in [2.24, 2.45) is 0 Å². The molecule has 0 aliphatic rings. The molecule has 0 aliphatic carbocycles. The number of benzene rings is 7. The first-order valence-corrected chi connectivity index (χ1v) is 14.6. The van der Waals surface area contributed by atoms with E-state index in [0.717, 1.165) is 38.3 Å². The van der Waals surface area contributed by atoms with Crippen molar-refractivity contribution >= 4 is 122 Å². The zero-order chi connectivity index (χ0) is 28.6. The molecule has 0 saturated heterocycles. The van der Waals surface area contributed by atoms with E-state index in [9.17, 15) is 9.59 Å². The molecule has 0 bridgehead atoms. The fourth-order valence-electron chi connectivity index (χ4n) is 6.88. The van der Waals surface area contributed by atoms with Gasteiger partial charge in [0.25, 0.3) is 0 Å². The molecule has 0 spiro atoms. The summed E-state index contributed by atoms with van der Waals surface area (Å²) in [6.45, 7) is 0. The summed E-state index contributed by atoms with van der Waals surface area (Å²) < 4.78 is 7.20. The van der Waals surface area contributed by atoms with E-state index in [4.69, 9.17) is 50.8 Å². The number of nitrogens with zero attached hydrogens (tertiary/aromatic N) is 1. The molecule has 2 aromatic heterocycles. The van der Waals surface area contributed by atoms with E-state index in [1.165, 1.54) is 0 Å². The zero-order valence-electron chi connectivity index (χ0n) is 21.2. The highest BCUT2D eigenvalue weighted by Crippen LogP contribution is 2.53. The summed E-state index contributed by atoms with van der Waals surface area (Å²) in [5.74, 6) is 0. The summed E-state index contributed by atoms with van der Waals surface area (Å²) in [6.07, 6.45) is 0. The number of aromatic nitrogens is 1. The Labute approximate surface area is 255 Å². The maximum Gasteiger partial charge on any atom is 0.346 e. The van der Waals surface area contributed by atoms with E-state index >= 15 is 0 Å². The molecule has 2 heterocycles. The fourth-order valence-corrected chi connectivity index (χ4v) is 8.07. The van der Waals surface area contributed by atoms with Gasteiger partial charge >= 0.3 is 11.3 Å². The predicted molar refractivity (Wildman–Crippen MR) is 176 cm³/mol. The second kappa shape index (κ2) is 8.27. The third-order valence-electron chi connectivity index (χ3n) is 8.41. The topological polar surface area (TPSA) is 52.2 Å². The number of rotatable bonds is 1. The molecule has 8 heteroatoms. The molecule has 9 rings (SSSR count). The minimum atomic E-state index is -0.766. The summed E-state index contributed by atoms with van der Waals surface area (Å²) in [6, 6.07) is 25.2. The molecule has 0 unspecified atom stereocenters. The minimum absolute atomic E-state index is 0.191. The molecule has 42 heavy (non-hydrogen) atoms. The summed E-state index contributed by atoms with van der Waals surface area (Å²) in [4.78, 5) is 25.7. The van der Waals surface area contributed by atoms with Crippen molar-refractivity contribution in [2.75, 3.05) is 0 Å². The SMILES string of the molecule is O=c1oc(=O)c2cc(Cl)c3c4c(Cl)cc5c6c(cc(Cl)c(c7c(Cl)cc1c2c73)c46)c1ccccc1n5-c1ccccc1. The molecule has 9 aromatic rings. The maximum absolute atomic E-state index is 12.8. The lowest BCUT2D eigenvalue weighted by molar-refractivity contribution is 0.489. The smallest absolute Gasteiger partial charge is 0.346 e. The Balaban J connectivity index is 1.70. The van der Waals surface area contributed by atoms with E-state index < -0.39 is 11.3 Å². The van der Waals surface area contributed by atoms with Gasteiger partial charge in [-0.05, 0) is 47.9 Å². The van der Waals surface area contributed by atoms with Crippen LogP contribution < -0.4 is 11.3 Å². The number of hydrogen-bond acceptors (Lipinski definition) is 3. The van der Waals surface area contributed by atoms with E-state index in [1.807, 2.05) is 42.5 Å². The van der Waals surface area contributed by atoms with Gasteiger partial charge in [0, 0.05) is 69.2 Å². The number of halogens is 4. The van der Waals surface area contributed by atoms with Crippen molar-refractivity contribution in [2.45, 2.75) is 0 Å². The average molecular weight is 625 g/mol. The van der Waals surface area contributed by atoms with Crippen molar-refractivity contribution in [3.8, 4) is 5.69 Å². The first kappa shape index (κ1) is 24.5. The van der Waals surface area contributed by atoms with E-state index in [2.05, 4.69) is 28.8 Å². The Morgan fingerprint density at radius 2 is 0.952 bits per heavy atom. The van der Waals surface area contributed by atoms with Gasteiger partial charge in [-0.3, -0.25) is 0 Å². The number of pyridine rings is 1. The molecule has 0 atom stereocenters. The molecule has 0 N–H and O–H groups in total. The van der Waals surface area contributed by atoms with Crippen LogP contribution in [0.1, 0.15) is 0 Å². The van der Waals surface area contributed by atoms with Gasteiger partial charge in [-0.1, -0.05) is 82.8 Å². The standard InChI is InChI=1S/C34H13Cl4NO3/c35-19-10-16-15-8-4-5-9-23(15)39(14-6-2-1-3-7-14)24-13-22(38)30-28-21(37)12-18-25-17(33(40)42-34(18)41)11-20(36)27(31(25)28)29(19)32(30)26(16)24/h1-13H. The lowest BCUT2D eigenvalue weighted by Crippen LogP contribution is -2.12. The van der Waals surface area contributed by atoms with Gasteiger partial charge in [-0.25, -0.2) is 9.59 Å². The molecule has 0 radical (unpaired) electrons. The largest absolute Gasteiger partial charge is 0.386 e. The Kier molecular flexibility index (Phi) is 4.83. The van der Waals surface area contributed by atoms with Crippen molar-refractivity contribution < 1.29 is 4.42 Å². The zero-order valence-corrected chi connectivity index (χ0v) is 24.2. The molecule has 200 valence electrons. The van der Waals surface area contributed by atoms with Gasteiger partial charge in [0.15, 0.2) is 0 Å². The molecule has 0 amide bonds. The first-order chi connectivity index (χ1) is 20.3. The molecule has 4 nitrogen and oxygen atoms in total. The maximum atomic E-state index is 12.8. The fraction of sp³-hybridized carbons (Fsp3) is 0. The van der Waals surface area contributed by atoms with Gasteiger partial charge < -0.3 is 8.98 Å². The first-order valence-electron chi connectivity index (χ1n) is 13.0. The third kappa shape index (κ3) is 2.90. The van der Waals surface area contributed by atoms with E-state index in [0.29, 0.717) is 52.4 Å². The second-order valence-corrected chi connectivity index (χ2v) is 12.1. The predicted octanol–water partition coefficient (Wildman–Crippen LogP) is 10.4. The molecule has 0 aliphatic heterocycles. The Morgan fingerprint density at radius 1 is 0.452 bits per heavy atom. The Bertz CT molecular complexity index is 2680. The van der Waals surface area contributed by atoms with Crippen molar-refractivity contribution in [3.63, 3.8) is 0 Å². The van der Waals surface area contributed by atoms with Crippen molar-refractivity contribution in [1.82, 2.24) is 4.57 Å². The highest BCUT2D eigenvalue weighted by Gasteiger charge is 2.28. The van der Waals surface area contributed by atoms with Gasteiger partial charge in [0.1, 0.15) is 0 Å². The lowest BCUT2D eigenvalue weighted by atomic mass is 9.85. The van der Waals surface area contributed by atoms with Gasteiger partial charge in [0.05, 0.1) is 26.8 Å². The molecular weight excluding hydrogens is 612 g/mol. The van der Waals surface area contributed by atoms with Crippen LogP contribution in [0.4, 0.5) is 0 Å². The molecule has 0 fully saturated rings. The lowest BCUT2D eigenvalue weighted by Gasteiger charge is -2.24. The highest BCUT2D eigenvalue weighted by atomic mass is 35.5. The third-order valence-corrected chi connectivity index (χ3v) is 9.60. The normalized spacial score (nSPS) is 12.5. The molecule has 7 aromatic carbocycles. The molecule has 0 saturated carbocycles. The van der Waals surface area contributed by atoms with Crippen LogP contribution in [-0.2, 0) is 0 Å². The minimum Gasteiger partial charge on any atom is -0.386 e. The van der Waals surface area contributed by atoms with E-state index in [-0.39, 0.29) is 10.8 Å². The summed E-state index contributed by atoms with van der Waals surface area (Å²) in [5, 5.41) is 9.10. The number of hydrogen-bond donors (Lipinski definition) is 0. The van der Waals surface area contributed by atoms with Crippen LogP contribution in [0.15, 0.2) is 92.9 Å². The number of fused-ring (bicyclic) bond motifs is 4. The Morgan fingerprint density at radius 3 is 1.57 bits per heavy atom. The number of para-hydroxylation sites is 2. The van der Waals surface area contributed by atoms with Gasteiger partial charge in [-0.15, -0.1) is 0 Å².